The van der Waals surface area contributed by atoms with Crippen LogP contribution >= 0.6 is 11.6 Å². The first-order chi connectivity index (χ1) is 7.58. The van der Waals surface area contributed by atoms with Crippen LogP contribution in [0.1, 0.15) is 31.4 Å². The van der Waals surface area contributed by atoms with Gasteiger partial charge < -0.3 is 9.84 Å². The minimum atomic E-state index is -0.781. The minimum Gasteiger partial charge on any atom is -0.386 e. The summed E-state index contributed by atoms with van der Waals surface area (Å²) in [6.07, 6.45) is 0.869. The van der Waals surface area contributed by atoms with Gasteiger partial charge in [0.25, 0.3) is 0 Å². The number of benzene rings is 1. The third-order valence-corrected chi connectivity index (χ3v) is 3.21. The van der Waals surface area contributed by atoms with Crippen molar-refractivity contribution in [3.8, 4) is 0 Å². The second kappa shape index (κ2) is 4.70. The molecule has 1 aliphatic rings. The number of ether oxygens (including phenoxy) is 1. The van der Waals surface area contributed by atoms with Crippen molar-refractivity contribution in [3.63, 3.8) is 0 Å². The molecular weight excluding hydrogens is 231 g/mol. The van der Waals surface area contributed by atoms with Gasteiger partial charge in [0, 0.05) is 0 Å². The summed E-state index contributed by atoms with van der Waals surface area (Å²) in [5, 5.41) is 10.1. The quantitative estimate of drug-likeness (QED) is 0.866. The summed E-state index contributed by atoms with van der Waals surface area (Å²) in [6, 6.07) is 4.34. The maximum atomic E-state index is 13.2. The SMILES string of the molecule is CC1CCC(C(O)c2ccc(Cl)c(F)c2)O1. The van der Waals surface area contributed by atoms with E-state index >= 15 is 0 Å². The third kappa shape index (κ3) is 2.37. The van der Waals surface area contributed by atoms with Crippen molar-refractivity contribution in [2.45, 2.75) is 38.1 Å². The zero-order valence-corrected chi connectivity index (χ0v) is 9.75. The van der Waals surface area contributed by atoms with Crippen molar-refractivity contribution >= 4 is 11.6 Å². The fourth-order valence-corrected chi connectivity index (χ4v) is 2.09. The maximum Gasteiger partial charge on any atom is 0.142 e. The molecule has 1 fully saturated rings. The van der Waals surface area contributed by atoms with Gasteiger partial charge in [-0.25, -0.2) is 4.39 Å². The third-order valence-electron chi connectivity index (χ3n) is 2.90. The fourth-order valence-electron chi connectivity index (χ4n) is 1.98. The Bertz CT molecular complexity index is 383. The van der Waals surface area contributed by atoms with E-state index in [4.69, 9.17) is 16.3 Å². The molecule has 1 N–H and O–H groups in total. The Balaban J connectivity index is 2.14. The van der Waals surface area contributed by atoms with Crippen molar-refractivity contribution in [2.24, 2.45) is 0 Å². The minimum absolute atomic E-state index is 0.0664. The number of hydrogen-bond acceptors (Lipinski definition) is 2. The Hall–Kier alpha value is -0.640. The Morgan fingerprint density at radius 3 is 2.81 bits per heavy atom. The number of aliphatic hydroxyl groups excluding tert-OH is 1. The molecule has 88 valence electrons. The lowest BCUT2D eigenvalue weighted by Gasteiger charge is -2.18. The van der Waals surface area contributed by atoms with Crippen LogP contribution in [0.4, 0.5) is 4.39 Å². The highest BCUT2D eigenvalue weighted by Crippen LogP contribution is 2.31. The van der Waals surface area contributed by atoms with Crippen LogP contribution in [0.5, 0.6) is 0 Å². The highest BCUT2D eigenvalue weighted by atomic mass is 35.5. The maximum absolute atomic E-state index is 13.2. The van der Waals surface area contributed by atoms with Gasteiger partial charge in [-0.3, -0.25) is 0 Å². The molecule has 3 unspecified atom stereocenters. The molecule has 1 saturated heterocycles. The molecule has 16 heavy (non-hydrogen) atoms. The van der Waals surface area contributed by atoms with Gasteiger partial charge in [-0.15, -0.1) is 0 Å². The molecule has 1 aliphatic heterocycles. The molecule has 3 atom stereocenters. The molecule has 0 aromatic heterocycles. The average molecular weight is 245 g/mol. The number of hydrogen-bond donors (Lipinski definition) is 1. The van der Waals surface area contributed by atoms with Crippen molar-refractivity contribution in [1.82, 2.24) is 0 Å². The second-order valence-corrected chi connectivity index (χ2v) is 4.59. The van der Waals surface area contributed by atoms with E-state index in [1.165, 1.54) is 12.1 Å². The number of halogens is 2. The molecule has 0 bridgehead atoms. The molecule has 0 aliphatic carbocycles. The van der Waals surface area contributed by atoms with Crippen LogP contribution < -0.4 is 0 Å². The predicted octanol–water partition coefficient (Wildman–Crippen LogP) is 3.08. The lowest BCUT2D eigenvalue weighted by atomic mass is 10.0. The summed E-state index contributed by atoms with van der Waals surface area (Å²) in [6.45, 7) is 1.97. The average Bonchev–Trinajstić information content (AvgIpc) is 2.68. The van der Waals surface area contributed by atoms with Crippen LogP contribution in [0, 0.1) is 5.82 Å². The van der Waals surface area contributed by atoms with Crippen LogP contribution in [0.15, 0.2) is 18.2 Å². The molecule has 4 heteroatoms. The van der Waals surface area contributed by atoms with Gasteiger partial charge in [0.05, 0.1) is 17.2 Å². The van der Waals surface area contributed by atoms with Crippen LogP contribution in [0.2, 0.25) is 5.02 Å². The standard InChI is InChI=1S/C12H14ClFO2/c1-7-2-5-11(16-7)12(15)8-3-4-9(13)10(14)6-8/h3-4,6-7,11-12,15H,2,5H2,1H3. The van der Waals surface area contributed by atoms with Gasteiger partial charge in [0.2, 0.25) is 0 Å². The van der Waals surface area contributed by atoms with Crippen LogP contribution in [-0.4, -0.2) is 17.3 Å². The zero-order valence-electron chi connectivity index (χ0n) is 8.99. The summed E-state index contributed by atoms with van der Waals surface area (Å²) in [5.74, 6) is -0.510. The van der Waals surface area contributed by atoms with Gasteiger partial charge in [0.15, 0.2) is 0 Å². The second-order valence-electron chi connectivity index (χ2n) is 4.18. The molecule has 1 aromatic rings. The summed E-state index contributed by atoms with van der Waals surface area (Å²) in [7, 11) is 0. The topological polar surface area (TPSA) is 29.5 Å². The first kappa shape index (κ1) is 11.8. The van der Waals surface area contributed by atoms with Crippen molar-refractivity contribution in [2.75, 3.05) is 0 Å². The first-order valence-corrected chi connectivity index (χ1v) is 5.74. The molecule has 2 rings (SSSR count). The van der Waals surface area contributed by atoms with E-state index in [1.807, 2.05) is 6.92 Å². The van der Waals surface area contributed by atoms with Crippen molar-refractivity contribution < 1.29 is 14.2 Å². The highest BCUT2D eigenvalue weighted by molar-refractivity contribution is 6.30. The molecule has 2 nitrogen and oxygen atoms in total. The van der Waals surface area contributed by atoms with E-state index in [1.54, 1.807) is 6.07 Å². The van der Waals surface area contributed by atoms with E-state index < -0.39 is 11.9 Å². The molecule has 0 spiro atoms. The molecule has 0 amide bonds. The molecule has 1 heterocycles. The molecule has 0 saturated carbocycles. The zero-order chi connectivity index (χ0) is 11.7. The smallest absolute Gasteiger partial charge is 0.142 e. The normalized spacial score (nSPS) is 27.0. The van der Waals surface area contributed by atoms with Crippen LogP contribution in [0.3, 0.4) is 0 Å². The molecular formula is C12H14ClFO2. The molecule has 1 aromatic carbocycles. The predicted molar refractivity (Wildman–Crippen MR) is 59.9 cm³/mol. The van der Waals surface area contributed by atoms with Gasteiger partial charge in [-0.2, -0.15) is 0 Å². The lowest BCUT2D eigenvalue weighted by molar-refractivity contribution is -0.0298. The number of aliphatic hydroxyl groups is 1. The Morgan fingerprint density at radius 1 is 1.50 bits per heavy atom. The highest BCUT2D eigenvalue weighted by Gasteiger charge is 2.29. The summed E-state index contributed by atoms with van der Waals surface area (Å²) >= 11 is 5.58. The van der Waals surface area contributed by atoms with E-state index in [0.29, 0.717) is 5.56 Å². The van der Waals surface area contributed by atoms with Crippen molar-refractivity contribution in [3.05, 3.63) is 34.6 Å². The molecule has 0 radical (unpaired) electrons. The van der Waals surface area contributed by atoms with E-state index in [0.717, 1.165) is 12.8 Å². The van der Waals surface area contributed by atoms with Gasteiger partial charge in [0.1, 0.15) is 11.9 Å². The Kier molecular flexibility index (Phi) is 3.47. The van der Waals surface area contributed by atoms with Crippen molar-refractivity contribution in [1.29, 1.82) is 0 Å². The van der Waals surface area contributed by atoms with Crippen LogP contribution in [0.25, 0.3) is 0 Å². The van der Waals surface area contributed by atoms with E-state index in [2.05, 4.69) is 0 Å². The first-order valence-electron chi connectivity index (χ1n) is 5.36. The Labute approximate surface area is 99.0 Å². The summed E-state index contributed by atoms with van der Waals surface area (Å²) < 4.78 is 18.8. The Morgan fingerprint density at radius 2 is 2.25 bits per heavy atom. The van der Waals surface area contributed by atoms with E-state index in [9.17, 15) is 9.50 Å². The monoisotopic (exact) mass is 244 g/mol. The fraction of sp³-hybridized carbons (Fsp3) is 0.500. The number of rotatable bonds is 2. The lowest BCUT2D eigenvalue weighted by Crippen LogP contribution is -2.18. The largest absolute Gasteiger partial charge is 0.386 e. The van der Waals surface area contributed by atoms with E-state index in [-0.39, 0.29) is 17.2 Å². The van der Waals surface area contributed by atoms with Gasteiger partial charge >= 0.3 is 0 Å². The van der Waals surface area contributed by atoms with Crippen LogP contribution in [-0.2, 0) is 4.74 Å². The summed E-state index contributed by atoms with van der Waals surface area (Å²) in [5.41, 5.74) is 0.515. The van der Waals surface area contributed by atoms with Gasteiger partial charge in [-0.05, 0) is 37.5 Å². The van der Waals surface area contributed by atoms with Gasteiger partial charge in [-0.1, -0.05) is 17.7 Å². The summed E-state index contributed by atoms with van der Waals surface area (Å²) in [4.78, 5) is 0.